The number of aryl methyl sites for hydroxylation is 1. The summed E-state index contributed by atoms with van der Waals surface area (Å²) in [5, 5.41) is 3.41. The molecule has 1 fully saturated rings. The van der Waals surface area contributed by atoms with Crippen LogP contribution in [0.2, 0.25) is 0 Å². The summed E-state index contributed by atoms with van der Waals surface area (Å²) < 4.78 is 5.86. The lowest BCUT2D eigenvalue weighted by Gasteiger charge is -2.18. The molecule has 2 heterocycles. The van der Waals surface area contributed by atoms with E-state index in [4.69, 9.17) is 4.42 Å². The van der Waals surface area contributed by atoms with E-state index >= 15 is 0 Å². The summed E-state index contributed by atoms with van der Waals surface area (Å²) in [5.74, 6) is 1.67. The zero-order chi connectivity index (χ0) is 14.2. The molecular formula is C17H24N2O. The topological polar surface area (TPSA) is 38.1 Å². The molecule has 0 radical (unpaired) electrons. The van der Waals surface area contributed by atoms with Gasteiger partial charge in [-0.3, -0.25) is 0 Å². The minimum Gasteiger partial charge on any atom is -0.441 e. The Morgan fingerprint density at radius 1 is 1.35 bits per heavy atom. The molecule has 108 valence electrons. The van der Waals surface area contributed by atoms with Crippen LogP contribution in [-0.4, -0.2) is 18.1 Å². The highest BCUT2D eigenvalue weighted by atomic mass is 16.3. The van der Waals surface area contributed by atoms with Crippen molar-refractivity contribution in [1.82, 2.24) is 10.3 Å². The van der Waals surface area contributed by atoms with Crippen molar-refractivity contribution >= 4 is 11.1 Å². The molecule has 1 unspecified atom stereocenters. The Kier molecular flexibility index (Phi) is 3.55. The summed E-state index contributed by atoms with van der Waals surface area (Å²) in [6.45, 7) is 8.98. The number of benzene rings is 1. The van der Waals surface area contributed by atoms with Crippen LogP contribution in [0.25, 0.3) is 11.1 Å². The van der Waals surface area contributed by atoms with Crippen LogP contribution in [0.4, 0.5) is 0 Å². The molecule has 3 nitrogen and oxygen atoms in total. The fourth-order valence-corrected chi connectivity index (χ4v) is 2.84. The van der Waals surface area contributed by atoms with Crippen molar-refractivity contribution in [2.75, 3.05) is 13.1 Å². The Morgan fingerprint density at radius 3 is 2.90 bits per heavy atom. The molecule has 0 bridgehead atoms. The van der Waals surface area contributed by atoms with E-state index in [0.717, 1.165) is 42.4 Å². The zero-order valence-electron chi connectivity index (χ0n) is 12.7. The molecule has 1 saturated heterocycles. The number of hydrogen-bond donors (Lipinski definition) is 1. The number of hydrogen-bond acceptors (Lipinski definition) is 3. The first kappa shape index (κ1) is 13.6. The van der Waals surface area contributed by atoms with E-state index < -0.39 is 0 Å². The number of nitrogens with zero attached hydrogens (tertiary/aromatic N) is 1. The van der Waals surface area contributed by atoms with E-state index in [2.05, 4.69) is 49.3 Å². The molecule has 1 aliphatic rings. The van der Waals surface area contributed by atoms with Gasteiger partial charge >= 0.3 is 0 Å². The minimum absolute atomic E-state index is 0.156. The normalized spacial score (nSPS) is 19.9. The predicted octanol–water partition coefficient (Wildman–Crippen LogP) is 3.67. The minimum atomic E-state index is 0.156. The molecule has 2 aromatic rings. The second-order valence-corrected chi connectivity index (χ2v) is 6.94. The molecular weight excluding hydrogens is 248 g/mol. The maximum Gasteiger partial charge on any atom is 0.195 e. The molecule has 0 spiro atoms. The van der Waals surface area contributed by atoms with Crippen molar-refractivity contribution in [2.24, 2.45) is 5.92 Å². The van der Waals surface area contributed by atoms with E-state index in [0.29, 0.717) is 0 Å². The highest BCUT2D eigenvalue weighted by Crippen LogP contribution is 2.27. The largest absolute Gasteiger partial charge is 0.441 e. The number of aromatic nitrogens is 1. The average Bonchev–Trinajstić information content (AvgIpc) is 3.03. The van der Waals surface area contributed by atoms with Gasteiger partial charge < -0.3 is 9.73 Å². The van der Waals surface area contributed by atoms with E-state index in [1.807, 2.05) is 0 Å². The molecule has 3 rings (SSSR count). The van der Waals surface area contributed by atoms with E-state index in [1.54, 1.807) is 0 Å². The second kappa shape index (κ2) is 5.21. The van der Waals surface area contributed by atoms with Gasteiger partial charge in [0.25, 0.3) is 0 Å². The fourth-order valence-electron chi connectivity index (χ4n) is 2.84. The van der Waals surface area contributed by atoms with Crippen LogP contribution in [0.1, 0.15) is 45.1 Å². The number of rotatable bonds is 3. The molecule has 1 aromatic heterocycles. The van der Waals surface area contributed by atoms with Gasteiger partial charge in [0.05, 0.1) is 0 Å². The summed E-state index contributed by atoms with van der Waals surface area (Å²) in [6.07, 6.45) is 3.41. The van der Waals surface area contributed by atoms with E-state index in [1.165, 1.54) is 18.4 Å². The lowest BCUT2D eigenvalue weighted by molar-refractivity contribution is 0.466. The van der Waals surface area contributed by atoms with Gasteiger partial charge in [-0.25, -0.2) is 4.98 Å². The molecule has 0 saturated carbocycles. The number of nitrogens with one attached hydrogen (secondary N) is 1. The molecule has 1 aromatic carbocycles. The van der Waals surface area contributed by atoms with Gasteiger partial charge in [0.2, 0.25) is 0 Å². The van der Waals surface area contributed by atoms with Crippen LogP contribution < -0.4 is 5.32 Å². The quantitative estimate of drug-likeness (QED) is 0.926. The van der Waals surface area contributed by atoms with Crippen molar-refractivity contribution in [2.45, 2.75) is 45.4 Å². The lowest BCUT2D eigenvalue weighted by Crippen LogP contribution is -2.10. The summed E-state index contributed by atoms with van der Waals surface area (Å²) in [5.41, 5.74) is 3.38. The van der Waals surface area contributed by atoms with Gasteiger partial charge in [-0.1, -0.05) is 26.8 Å². The third-order valence-corrected chi connectivity index (χ3v) is 4.23. The third-order valence-electron chi connectivity index (χ3n) is 4.23. The maximum atomic E-state index is 5.86. The third kappa shape index (κ3) is 2.88. The molecule has 0 aliphatic carbocycles. The molecule has 20 heavy (non-hydrogen) atoms. The monoisotopic (exact) mass is 272 g/mol. The van der Waals surface area contributed by atoms with E-state index in [-0.39, 0.29) is 5.41 Å². The van der Waals surface area contributed by atoms with Crippen molar-refractivity contribution in [3.8, 4) is 0 Å². The van der Waals surface area contributed by atoms with Crippen molar-refractivity contribution in [3.63, 3.8) is 0 Å². The van der Waals surface area contributed by atoms with Gasteiger partial charge in [-0.15, -0.1) is 0 Å². The smallest absolute Gasteiger partial charge is 0.195 e. The van der Waals surface area contributed by atoms with Crippen LogP contribution in [-0.2, 0) is 11.8 Å². The Morgan fingerprint density at radius 2 is 2.20 bits per heavy atom. The van der Waals surface area contributed by atoms with Gasteiger partial charge in [-0.2, -0.15) is 0 Å². The second-order valence-electron chi connectivity index (χ2n) is 6.94. The van der Waals surface area contributed by atoms with Gasteiger partial charge in [-0.05, 0) is 55.0 Å². The van der Waals surface area contributed by atoms with Crippen LogP contribution in [0.15, 0.2) is 22.6 Å². The standard InChI is InChI=1S/C17H24N2O/c1-17(2,3)13-5-6-15-14(10-13)19-16(20-15)7-4-12-8-9-18-11-12/h5-6,10,12,18H,4,7-9,11H2,1-3H3. The first-order chi connectivity index (χ1) is 9.52. The van der Waals surface area contributed by atoms with Crippen LogP contribution in [0.5, 0.6) is 0 Å². The van der Waals surface area contributed by atoms with Crippen LogP contribution in [0.3, 0.4) is 0 Å². The van der Waals surface area contributed by atoms with Crippen molar-refractivity contribution < 1.29 is 4.42 Å². The van der Waals surface area contributed by atoms with Gasteiger partial charge in [0, 0.05) is 6.42 Å². The zero-order valence-corrected chi connectivity index (χ0v) is 12.7. The molecule has 1 aliphatic heterocycles. The summed E-state index contributed by atoms with van der Waals surface area (Å²) in [6, 6.07) is 6.38. The van der Waals surface area contributed by atoms with Crippen LogP contribution >= 0.6 is 0 Å². The summed E-state index contributed by atoms with van der Waals surface area (Å²) >= 11 is 0. The van der Waals surface area contributed by atoms with Crippen molar-refractivity contribution in [1.29, 1.82) is 0 Å². The highest BCUT2D eigenvalue weighted by molar-refractivity contribution is 5.73. The van der Waals surface area contributed by atoms with E-state index in [9.17, 15) is 0 Å². The Hall–Kier alpha value is -1.35. The van der Waals surface area contributed by atoms with Gasteiger partial charge in [0.1, 0.15) is 5.52 Å². The lowest BCUT2D eigenvalue weighted by atomic mass is 9.87. The maximum absolute atomic E-state index is 5.86. The first-order valence-electron chi connectivity index (χ1n) is 7.63. The molecule has 1 atom stereocenters. The van der Waals surface area contributed by atoms with Gasteiger partial charge in [0.15, 0.2) is 11.5 Å². The molecule has 3 heteroatoms. The molecule has 1 N–H and O–H groups in total. The first-order valence-corrected chi connectivity index (χ1v) is 7.63. The summed E-state index contributed by atoms with van der Waals surface area (Å²) in [4.78, 5) is 4.66. The summed E-state index contributed by atoms with van der Waals surface area (Å²) in [7, 11) is 0. The fraction of sp³-hybridized carbons (Fsp3) is 0.588. The average molecular weight is 272 g/mol. The molecule has 0 amide bonds. The number of oxazole rings is 1. The Labute approximate surface area is 120 Å². The van der Waals surface area contributed by atoms with Crippen LogP contribution in [0, 0.1) is 5.92 Å². The number of fused-ring (bicyclic) bond motifs is 1. The Balaban J connectivity index is 1.76. The highest BCUT2D eigenvalue weighted by Gasteiger charge is 2.17. The Bertz CT molecular complexity index is 589. The van der Waals surface area contributed by atoms with Crippen molar-refractivity contribution in [3.05, 3.63) is 29.7 Å². The SMILES string of the molecule is CC(C)(C)c1ccc2oc(CCC3CCNC3)nc2c1. The predicted molar refractivity (Wildman–Crippen MR) is 82.0 cm³/mol.